The lowest BCUT2D eigenvalue weighted by Crippen LogP contribution is -2.32. The van der Waals surface area contributed by atoms with Gasteiger partial charge >= 0.3 is 41.8 Å². The van der Waals surface area contributed by atoms with Crippen molar-refractivity contribution in [3.05, 3.63) is 59.7 Å². The van der Waals surface area contributed by atoms with Crippen LogP contribution in [0.5, 0.6) is 23.0 Å². The van der Waals surface area contributed by atoms with Crippen molar-refractivity contribution in [1.29, 1.82) is 0 Å². The summed E-state index contributed by atoms with van der Waals surface area (Å²) in [6.07, 6.45) is 2.46. The van der Waals surface area contributed by atoms with Crippen molar-refractivity contribution in [1.82, 2.24) is 0 Å². The van der Waals surface area contributed by atoms with Gasteiger partial charge in [-0.25, -0.2) is 14.4 Å². The predicted molar refractivity (Wildman–Crippen MR) is 145 cm³/mol. The number of carbonyl (C=O) groups is 7. The van der Waals surface area contributed by atoms with Crippen LogP contribution in [0, 0.1) is 0 Å². The van der Waals surface area contributed by atoms with Gasteiger partial charge in [0, 0.05) is 39.8 Å². The van der Waals surface area contributed by atoms with Crippen molar-refractivity contribution >= 4 is 53.9 Å². The average Bonchev–Trinajstić information content (AvgIpc) is 2.89. The minimum Gasteiger partial charge on any atom is -0.478 e. The number of aliphatic carboxylic acids is 1. The first-order chi connectivity index (χ1) is 20.2. The van der Waals surface area contributed by atoms with Crippen molar-refractivity contribution in [2.75, 3.05) is 6.61 Å². The van der Waals surface area contributed by atoms with Gasteiger partial charge in [0.2, 0.25) is 6.10 Å². The summed E-state index contributed by atoms with van der Waals surface area (Å²) < 4.78 is 29.6. The second kappa shape index (κ2) is 15.9. The highest BCUT2D eigenvalue weighted by molar-refractivity contribution is 5.90. The first kappa shape index (κ1) is 33.4. The van der Waals surface area contributed by atoms with Gasteiger partial charge in [-0.05, 0) is 47.5 Å². The SMILES string of the molecule is CC(=O)Oc1ccc(/C=C/C(=O)OCC(OC(=O)/C=C/c2ccc(OC(C)=O)c(OC(C)=O)c2)C(=O)O)cc1OC(C)=O. The fraction of sp³-hybridized carbons (Fsp3) is 0.207. The highest BCUT2D eigenvalue weighted by Gasteiger charge is 2.23. The van der Waals surface area contributed by atoms with E-state index in [0.29, 0.717) is 11.1 Å². The molecule has 2 aromatic carbocycles. The second-order valence-corrected chi connectivity index (χ2v) is 8.35. The topological polar surface area (TPSA) is 195 Å². The third-order valence-electron chi connectivity index (χ3n) is 4.68. The molecule has 0 saturated heterocycles. The molecule has 2 aromatic rings. The van der Waals surface area contributed by atoms with E-state index in [9.17, 15) is 38.7 Å². The summed E-state index contributed by atoms with van der Waals surface area (Å²) >= 11 is 0. The second-order valence-electron chi connectivity index (χ2n) is 8.35. The smallest absolute Gasteiger partial charge is 0.348 e. The van der Waals surface area contributed by atoms with Crippen LogP contribution in [-0.2, 0) is 43.0 Å². The minimum atomic E-state index is -1.85. The van der Waals surface area contributed by atoms with Gasteiger partial charge in [0.05, 0.1) is 0 Å². The molecule has 0 amide bonds. The molecule has 1 atom stereocenters. The standard InChI is InChI=1S/C29H26O14/c1-16(30)39-22-9-5-20(13-24(22)41-18(3)32)7-11-27(34)38-15-26(29(36)37)43-28(35)12-8-21-6-10-23(40-17(2)31)25(14-21)42-19(4)33/h5-14,26H,15H2,1-4H3,(H,36,37)/b11-7+,12-8+. The highest BCUT2D eigenvalue weighted by atomic mass is 16.6. The zero-order chi connectivity index (χ0) is 32.1. The number of carbonyl (C=O) groups excluding carboxylic acids is 6. The molecule has 0 aromatic heterocycles. The van der Waals surface area contributed by atoms with Crippen LogP contribution in [0.15, 0.2) is 48.6 Å². The molecule has 0 radical (unpaired) electrons. The van der Waals surface area contributed by atoms with Gasteiger partial charge in [-0.15, -0.1) is 0 Å². The number of benzene rings is 2. The van der Waals surface area contributed by atoms with Crippen molar-refractivity contribution in [2.24, 2.45) is 0 Å². The van der Waals surface area contributed by atoms with Gasteiger partial charge in [0.25, 0.3) is 0 Å². The lowest BCUT2D eigenvalue weighted by atomic mass is 10.2. The molecule has 0 aliphatic rings. The number of carboxylic acids is 1. The first-order valence-corrected chi connectivity index (χ1v) is 12.2. The van der Waals surface area contributed by atoms with Crippen LogP contribution in [0.1, 0.15) is 38.8 Å². The number of rotatable bonds is 12. The molecular formula is C29H26O14. The van der Waals surface area contributed by atoms with Crippen LogP contribution in [-0.4, -0.2) is 59.6 Å². The van der Waals surface area contributed by atoms with Gasteiger partial charge in [-0.3, -0.25) is 19.2 Å². The predicted octanol–water partition coefficient (Wildman–Crippen LogP) is 2.65. The van der Waals surface area contributed by atoms with Gasteiger partial charge < -0.3 is 33.5 Å². The summed E-state index contributed by atoms with van der Waals surface area (Å²) in [6, 6.07) is 8.15. The summed E-state index contributed by atoms with van der Waals surface area (Å²) in [5.74, 6) is -6.56. The molecular weight excluding hydrogens is 572 g/mol. The molecule has 1 N–H and O–H groups in total. The molecule has 14 heteroatoms. The van der Waals surface area contributed by atoms with Crippen LogP contribution >= 0.6 is 0 Å². The lowest BCUT2D eigenvalue weighted by Gasteiger charge is -2.12. The minimum absolute atomic E-state index is 0.0218. The summed E-state index contributed by atoms with van der Waals surface area (Å²) in [6.45, 7) is 3.77. The van der Waals surface area contributed by atoms with E-state index in [1.165, 1.54) is 48.6 Å². The molecule has 0 spiro atoms. The Labute approximate surface area is 244 Å². The third kappa shape index (κ3) is 12.1. The quantitative estimate of drug-likeness (QED) is 0.213. The van der Waals surface area contributed by atoms with E-state index < -0.39 is 54.5 Å². The first-order valence-electron chi connectivity index (χ1n) is 12.2. The van der Waals surface area contributed by atoms with Crippen LogP contribution in [0.4, 0.5) is 0 Å². The van der Waals surface area contributed by atoms with E-state index in [1.807, 2.05) is 0 Å². The van der Waals surface area contributed by atoms with Gasteiger partial charge in [0.15, 0.2) is 23.0 Å². The maximum atomic E-state index is 12.2. The van der Waals surface area contributed by atoms with Crippen molar-refractivity contribution in [2.45, 2.75) is 33.8 Å². The Morgan fingerprint density at radius 3 is 1.42 bits per heavy atom. The molecule has 0 saturated carbocycles. The van der Waals surface area contributed by atoms with E-state index >= 15 is 0 Å². The molecule has 0 aliphatic carbocycles. The van der Waals surface area contributed by atoms with E-state index in [1.54, 1.807) is 0 Å². The van der Waals surface area contributed by atoms with Gasteiger partial charge in [-0.2, -0.15) is 0 Å². The summed E-state index contributed by atoms with van der Waals surface area (Å²) in [5.41, 5.74) is 0.651. The molecule has 0 bridgehead atoms. The monoisotopic (exact) mass is 598 g/mol. The summed E-state index contributed by atoms with van der Waals surface area (Å²) in [4.78, 5) is 81.0. The summed E-state index contributed by atoms with van der Waals surface area (Å²) in [7, 11) is 0. The highest BCUT2D eigenvalue weighted by Crippen LogP contribution is 2.30. The van der Waals surface area contributed by atoms with Crippen molar-refractivity contribution in [3.8, 4) is 23.0 Å². The van der Waals surface area contributed by atoms with Crippen molar-refractivity contribution in [3.63, 3.8) is 0 Å². The number of hydrogen-bond donors (Lipinski definition) is 1. The Morgan fingerprint density at radius 2 is 1.02 bits per heavy atom. The number of hydrogen-bond acceptors (Lipinski definition) is 13. The molecule has 0 heterocycles. The van der Waals surface area contributed by atoms with Crippen LogP contribution in [0.3, 0.4) is 0 Å². The number of carboxylic acid groups (broad SMARTS) is 1. The Morgan fingerprint density at radius 1 is 0.628 bits per heavy atom. The maximum absolute atomic E-state index is 12.2. The molecule has 14 nitrogen and oxygen atoms in total. The Hall–Kier alpha value is -5.79. The molecule has 2 rings (SSSR count). The fourth-order valence-corrected chi connectivity index (χ4v) is 3.07. The van der Waals surface area contributed by atoms with Gasteiger partial charge in [0.1, 0.15) is 6.61 Å². The lowest BCUT2D eigenvalue weighted by molar-refractivity contribution is -0.167. The van der Waals surface area contributed by atoms with Crippen molar-refractivity contribution < 1.29 is 67.1 Å². The molecule has 0 fully saturated rings. The van der Waals surface area contributed by atoms with E-state index in [-0.39, 0.29) is 23.0 Å². The fourth-order valence-electron chi connectivity index (χ4n) is 3.07. The molecule has 1 unspecified atom stereocenters. The molecule has 0 aliphatic heterocycles. The van der Waals surface area contributed by atoms with Crippen LogP contribution in [0.2, 0.25) is 0 Å². The zero-order valence-corrected chi connectivity index (χ0v) is 23.3. The van der Waals surface area contributed by atoms with Crippen LogP contribution in [0.25, 0.3) is 12.2 Å². The molecule has 226 valence electrons. The number of ether oxygens (including phenoxy) is 6. The van der Waals surface area contributed by atoms with Crippen LogP contribution < -0.4 is 18.9 Å². The Kier molecular flexibility index (Phi) is 12.3. The summed E-state index contributed by atoms with van der Waals surface area (Å²) in [5, 5.41) is 9.36. The Balaban J connectivity index is 2.03. The van der Waals surface area contributed by atoms with E-state index in [2.05, 4.69) is 0 Å². The Bertz CT molecular complexity index is 1480. The maximum Gasteiger partial charge on any atom is 0.348 e. The van der Waals surface area contributed by atoms with Gasteiger partial charge in [-0.1, -0.05) is 12.1 Å². The van der Waals surface area contributed by atoms with E-state index in [0.717, 1.165) is 39.8 Å². The molecule has 43 heavy (non-hydrogen) atoms. The largest absolute Gasteiger partial charge is 0.478 e. The van der Waals surface area contributed by atoms with E-state index in [4.69, 9.17) is 28.4 Å². The third-order valence-corrected chi connectivity index (χ3v) is 4.68. The normalized spacial score (nSPS) is 11.3. The zero-order valence-electron chi connectivity index (χ0n) is 23.3. The average molecular weight is 599 g/mol. The number of esters is 6.